The summed E-state index contributed by atoms with van der Waals surface area (Å²) in [6.45, 7) is 87.0. The summed E-state index contributed by atoms with van der Waals surface area (Å²) >= 11 is 0. The molecule has 3 nitrogen and oxygen atoms in total. The Morgan fingerprint density at radius 1 is 0.226 bits per heavy atom. The molecule has 4 heteroatoms. The molecule has 0 N–H and O–H groups in total. The van der Waals surface area contributed by atoms with Gasteiger partial charge in [0.05, 0.1) is 34.6 Å². The summed E-state index contributed by atoms with van der Waals surface area (Å²) in [5.74, 6) is 0. The number of allylic oxidation sites excluding steroid dienone is 6. The minimum absolute atomic E-state index is 0.235. The zero-order valence-electron chi connectivity index (χ0n) is 73.2. The standard InChI is InChI=1S/C102H141O3P/c1-88(2,3)70-52-40-37-49-67(70)85-79(94(19,20)21)61-64-82(100(85,97(28,29)30)76-58-46-43-55-73(76)91(10,11)12)103-106(104-83-65-62-80(95(22,23)24)86(68-50-38-41-53-71(68)89(4,5)6)101(83,98(31,32)33)77-59-47-44-56-74(77)92(13,14)15)105-84-66-63-81(96(25,26)27)87(69-51-39-42-54-72(69)90(7,8)9)102(84,99(34,35)36)78-60-48-45-57-75(78)93(16,17)18/h37-66,82-84H,1-36H3. The van der Waals surface area contributed by atoms with Gasteiger partial charge in [0.25, 0.3) is 0 Å². The van der Waals surface area contributed by atoms with Crippen LogP contribution in [0.2, 0.25) is 0 Å². The molecular weight excluding hydrogens is 1300 g/mol. The van der Waals surface area contributed by atoms with E-state index in [1.165, 1.54) is 100 Å². The highest BCUT2D eigenvalue weighted by molar-refractivity contribution is 7.41. The average Bonchev–Trinajstić information content (AvgIpc) is 0.701. The predicted octanol–water partition coefficient (Wildman–Crippen LogP) is 29.3. The van der Waals surface area contributed by atoms with Crippen LogP contribution in [0.25, 0.3) is 16.7 Å². The van der Waals surface area contributed by atoms with Crippen LogP contribution in [0.3, 0.4) is 0 Å². The molecule has 6 aromatic carbocycles. The van der Waals surface area contributed by atoms with Crippen molar-refractivity contribution in [3.05, 3.63) is 266 Å². The normalized spacial score (nSPS) is 22.6. The van der Waals surface area contributed by atoms with Gasteiger partial charge in [-0.25, -0.2) is 0 Å². The summed E-state index contributed by atoms with van der Waals surface area (Å²) in [5, 5.41) is 0. The van der Waals surface area contributed by atoms with Gasteiger partial charge in [0, 0.05) is 0 Å². The van der Waals surface area contributed by atoms with Crippen LogP contribution in [0.5, 0.6) is 0 Å². The average molecular weight is 1450 g/mol. The molecule has 6 unspecified atom stereocenters. The molecule has 0 fully saturated rings. The van der Waals surface area contributed by atoms with Gasteiger partial charge in [-0.15, -0.1) is 0 Å². The van der Waals surface area contributed by atoms with Crippen molar-refractivity contribution in [2.75, 3.05) is 0 Å². The minimum atomic E-state index is -2.53. The van der Waals surface area contributed by atoms with Crippen LogP contribution in [0.15, 0.2) is 199 Å². The Kier molecular flexibility index (Phi) is 22.6. The highest BCUT2D eigenvalue weighted by atomic mass is 31.2. The molecule has 3 aliphatic carbocycles. The van der Waals surface area contributed by atoms with Crippen LogP contribution in [0.4, 0.5) is 0 Å². The topological polar surface area (TPSA) is 27.7 Å². The SMILES string of the molecule is CC(C)(C)C1=C(c2ccccc2C(C)(C)C)C(c2ccccc2C(C)(C)C)(C(C)(C)C)C(OP(OC2C=CC(C(C)(C)C)=C(c3ccccc3C(C)(C)C)C2(c2ccccc2C(C)(C)C)C(C)(C)C)OC2C=CC(C(C)(C)C)=C(c3ccccc3C(C)(C)C)C2(c2ccccc2C(C)(C)C)C(C)(C)C)C=C1. The van der Waals surface area contributed by atoms with Crippen LogP contribution in [-0.2, 0) is 62.3 Å². The van der Waals surface area contributed by atoms with Gasteiger partial charge in [0.2, 0.25) is 0 Å². The molecule has 0 aliphatic heterocycles. The van der Waals surface area contributed by atoms with Crippen molar-refractivity contribution in [2.45, 2.75) is 316 Å². The number of hydrogen-bond acceptors (Lipinski definition) is 3. The molecule has 0 aromatic heterocycles. The van der Waals surface area contributed by atoms with Crippen molar-refractivity contribution in [1.82, 2.24) is 0 Å². The summed E-state index contributed by atoms with van der Waals surface area (Å²) in [7, 11) is -2.53. The van der Waals surface area contributed by atoms with E-state index >= 15 is 0 Å². The molecule has 0 saturated carbocycles. The van der Waals surface area contributed by atoms with Crippen LogP contribution >= 0.6 is 8.60 Å². The second-order valence-corrected chi connectivity index (χ2v) is 45.0. The molecule has 6 aromatic rings. The van der Waals surface area contributed by atoms with Crippen LogP contribution in [0, 0.1) is 32.5 Å². The van der Waals surface area contributed by atoms with E-state index in [-0.39, 0.29) is 48.7 Å². The van der Waals surface area contributed by atoms with Crippen molar-refractivity contribution in [3.63, 3.8) is 0 Å². The van der Waals surface area contributed by atoms with E-state index < -0.39 is 59.4 Å². The number of hydrogen-bond donors (Lipinski definition) is 0. The van der Waals surface area contributed by atoms with Crippen molar-refractivity contribution >= 4 is 25.3 Å². The van der Waals surface area contributed by atoms with E-state index in [1.54, 1.807) is 0 Å². The predicted molar refractivity (Wildman–Crippen MR) is 462 cm³/mol. The highest BCUT2D eigenvalue weighted by Crippen LogP contribution is 2.70. The lowest BCUT2D eigenvalue weighted by Crippen LogP contribution is -2.56. The molecule has 106 heavy (non-hydrogen) atoms. The Labute approximate surface area is 649 Å². The molecule has 0 heterocycles. The molecule has 572 valence electrons. The fraction of sp³-hybridized carbons (Fsp3) is 0.529. The first-order chi connectivity index (χ1) is 48.2. The molecular formula is C102H141O3P. The minimum Gasteiger partial charge on any atom is -0.303 e. The van der Waals surface area contributed by atoms with E-state index in [9.17, 15) is 0 Å². The van der Waals surface area contributed by atoms with Gasteiger partial charge in [-0.2, -0.15) is 0 Å². The summed E-state index contributed by atoms with van der Waals surface area (Å²) < 4.78 is 27.0. The van der Waals surface area contributed by atoms with Gasteiger partial charge in [-0.05, 0) is 165 Å². The molecule has 9 rings (SSSR count). The molecule has 0 saturated heterocycles. The second-order valence-electron chi connectivity index (χ2n) is 43.9. The van der Waals surface area contributed by atoms with E-state index in [0.717, 1.165) is 0 Å². The van der Waals surface area contributed by atoms with Crippen LogP contribution in [-0.4, -0.2) is 18.3 Å². The van der Waals surface area contributed by atoms with E-state index in [4.69, 9.17) is 13.6 Å². The first-order valence-corrected chi connectivity index (χ1v) is 41.0. The second kappa shape index (κ2) is 28.4. The Morgan fingerprint density at radius 2 is 0.406 bits per heavy atom. The summed E-state index contributed by atoms with van der Waals surface area (Å²) in [4.78, 5) is 0. The fourth-order valence-corrected chi connectivity index (χ4v) is 20.3. The Morgan fingerprint density at radius 3 is 0.585 bits per heavy atom. The molecule has 3 aliphatic rings. The van der Waals surface area contributed by atoms with E-state index in [1.807, 2.05) is 0 Å². The third-order valence-corrected chi connectivity index (χ3v) is 24.8. The van der Waals surface area contributed by atoms with E-state index in [0.29, 0.717) is 0 Å². The van der Waals surface area contributed by atoms with Crippen LogP contribution < -0.4 is 0 Å². The number of benzene rings is 6. The molecule has 6 atom stereocenters. The maximum absolute atomic E-state index is 9.00. The Bertz CT molecular complexity index is 3950. The molecule has 0 radical (unpaired) electrons. The maximum Gasteiger partial charge on any atom is 0.334 e. The third-order valence-electron chi connectivity index (χ3n) is 23.6. The number of rotatable bonds is 12. The zero-order valence-corrected chi connectivity index (χ0v) is 74.1. The smallest absolute Gasteiger partial charge is 0.303 e. The largest absolute Gasteiger partial charge is 0.334 e. The Hall–Kier alpha value is -5.93. The van der Waals surface area contributed by atoms with Crippen molar-refractivity contribution in [3.8, 4) is 0 Å². The first kappa shape index (κ1) is 84.1. The maximum atomic E-state index is 9.00. The van der Waals surface area contributed by atoms with E-state index in [2.05, 4.69) is 431 Å². The lowest BCUT2D eigenvalue weighted by molar-refractivity contribution is 0.00883. The molecule has 0 spiro atoms. The third kappa shape index (κ3) is 15.3. The summed E-state index contributed by atoms with van der Waals surface area (Å²) in [6, 6.07) is 56.1. The van der Waals surface area contributed by atoms with Crippen molar-refractivity contribution in [2.24, 2.45) is 32.5 Å². The highest BCUT2D eigenvalue weighted by Gasteiger charge is 2.64. The molecule has 0 amide bonds. The molecule has 0 bridgehead atoms. The zero-order chi connectivity index (χ0) is 79.5. The van der Waals surface area contributed by atoms with Crippen LogP contribution in [0.1, 0.15) is 316 Å². The van der Waals surface area contributed by atoms with Crippen molar-refractivity contribution in [1.29, 1.82) is 0 Å². The lowest BCUT2D eigenvalue weighted by atomic mass is 9.49. The van der Waals surface area contributed by atoms with Gasteiger partial charge in [0.1, 0.15) is 0 Å². The summed E-state index contributed by atoms with van der Waals surface area (Å²) in [6.07, 6.45) is 12.7. The first-order valence-electron chi connectivity index (χ1n) is 40.0. The van der Waals surface area contributed by atoms with Gasteiger partial charge >= 0.3 is 8.60 Å². The Balaban J connectivity index is 1.55. The van der Waals surface area contributed by atoms with Gasteiger partial charge in [-0.3, -0.25) is 0 Å². The van der Waals surface area contributed by atoms with Gasteiger partial charge in [-0.1, -0.05) is 431 Å². The van der Waals surface area contributed by atoms with Crippen molar-refractivity contribution < 1.29 is 13.6 Å². The monoisotopic (exact) mass is 1450 g/mol. The summed E-state index contributed by atoms with van der Waals surface area (Å²) in [5.41, 5.74) is 16.0. The fourth-order valence-electron chi connectivity index (χ4n) is 18.9. The lowest BCUT2D eigenvalue weighted by Gasteiger charge is -2.58. The van der Waals surface area contributed by atoms with Gasteiger partial charge in [0.15, 0.2) is 0 Å². The quantitative estimate of drug-likeness (QED) is 0.114. The van der Waals surface area contributed by atoms with Gasteiger partial charge < -0.3 is 13.6 Å².